The number of rotatable bonds is 18. The van der Waals surface area contributed by atoms with Gasteiger partial charge in [0.25, 0.3) is 36.0 Å². The number of carboxylic acid groups (broad SMARTS) is 1. The predicted molar refractivity (Wildman–Crippen MR) is 229 cm³/mol. The Balaban J connectivity index is 1.53. The van der Waals surface area contributed by atoms with E-state index < -0.39 is 145 Å². The number of hydrogen-bond acceptors (Lipinski definition) is 22. The Kier molecular flexibility index (Phi) is 14.2. The lowest BCUT2D eigenvalue weighted by Crippen LogP contribution is -2.09. The first-order valence-corrected chi connectivity index (χ1v) is 22.8. The summed E-state index contributed by atoms with van der Waals surface area (Å²) in [5.74, 6) is -4.84. The molecule has 0 atom stereocenters. The summed E-state index contributed by atoms with van der Waals surface area (Å²) in [5, 5.41) is 88.1. The molecule has 1 aromatic heterocycles. The van der Waals surface area contributed by atoms with E-state index in [0.717, 1.165) is 36.4 Å². The average Bonchev–Trinajstić information content (AvgIpc) is 3.60. The smallest absolute Gasteiger partial charge is 0.358 e. The molecule has 1 heterocycles. The van der Waals surface area contributed by atoms with Gasteiger partial charge in [-0.05, 0) is 42.8 Å². The number of aliphatic hydroxyl groups excluding tert-OH is 2. The minimum atomic E-state index is -5.60. The molecule has 0 aliphatic rings. The zero-order valence-corrected chi connectivity index (χ0v) is 36.5. The molecule has 31 heteroatoms. The lowest BCUT2D eigenvalue weighted by Gasteiger charge is -2.15. The van der Waals surface area contributed by atoms with E-state index in [-0.39, 0.29) is 22.9 Å². The Bertz CT molecular complexity index is 3470. The van der Waals surface area contributed by atoms with E-state index in [9.17, 15) is 79.4 Å². The fourth-order valence-electron chi connectivity index (χ4n) is 6.05. The maximum Gasteiger partial charge on any atom is 0.358 e. The number of azo groups is 3. The number of non-ortho nitro benzene ring substituents is 1. The number of benzene rings is 5. The van der Waals surface area contributed by atoms with Crippen molar-refractivity contribution in [2.75, 3.05) is 26.4 Å². The SMILES string of the molecule is Cc1ccccc1N=Nc1c(C(=O)O)nn(-c2ccc3c(O)c(N=Nc4cc(OCCO)c(N=Nc5ccc([N+](=O)[O-])cc5S(=O)(=O)O)cc4OCCO)c(S(=O)(=O)O)cc3c2S(=O)(=O)O)c1O. The summed E-state index contributed by atoms with van der Waals surface area (Å²) in [6.07, 6.45) is 0. The number of aromatic hydroxyl groups is 2. The molecule has 5 aromatic carbocycles. The van der Waals surface area contributed by atoms with E-state index in [4.69, 9.17) is 9.47 Å². The number of nitrogens with zero attached hydrogens (tertiary/aromatic N) is 9. The summed E-state index contributed by atoms with van der Waals surface area (Å²) in [6, 6.07) is 12.8. The number of aromatic carboxylic acids is 1. The number of ether oxygens (including phenoxy) is 2. The number of carbonyl (C=O) groups is 1. The molecule has 0 fully saturated rings. The van der Waals surface area contributed by atoms with E-state index in [1.165, 1.54) is 6.07 Å². The van der Waals surface area contributed by atoms with Crippen molar-refractivity contribution in [1.29, 1.82) is 0 Å². The van der Waals surface area contributed by atoms with Gasteiger partial charge >= 0.3 is 5.97 Å². The van der Waals surface area contributed by atoms with Crippen LogP contribution in [0.4, 0.5) is 39.8 Å². The molecule has 0 aliphatic heterocycles. The van der Waals surface area contributed by atoms with Crippen molar-refractivity contribution in [1.82, 2.24) is 9.78 Å². The standard InChI is InChI=1S/C37H31N9O19S3/c1-18-4-2-3-5-22(18)38-43-32-33(37(51)52)44-45(36(32)50)26-9-7-20-21(35(26)68(61,62)63)15-30(67(58,59)60)31(34(20)49)42-41-25-17-27(64-12-10-47)24(16-28(25)65-13-11-48)40-39-23-8-6-19(46(53)54)14-29(23)66(55,56)57/h2-9,14-17,47-50H,10-13H2,1H3,(H,51,52)(H,55,56,57)(H,58,59,60)(H,61,62,63). The zero-order valence-electron chi connectivity index (χ0n) is 34.1. The van der Waals surface area contributed by atoms with Crippen LogP contribution in [0, 0.1) is 17.0 Å². The molecule has 356 valence electrons. The van der Waals surface area contributed by atoms with Crippen molar-refractivity contribution in [3.8, 4) is 28.8 Å². The summed E-state index contributed by atoms with van der Waals surface area (Å²) in [6.45, 7) is -0.506. The van der Waals surface area contributed by atoms with Crippen LogP contribution in [0.1, 0.15) is 16.1 Å². The summed E-state index contributed by atoms with van der Waals surface area (Å²) in [7, 11) is -16.3. The van der Waals surface area contributed by atoms with Gasteiger partial charge in [-0.2, -0.15) is 40.1 Å². The molecule has 6 aromatic rings. The van der Waals surface area contributed by atoms with Crippen molar-refractivity contribution in [3.63, 3.8) is 0 Å². The highest BCUT2D eigenvalue weighted by atomic mass is 32.2. The first-order chi connectivity index (χ1) is 32.0. The molecule has 28 nitrogen and oxygen atoms in total. The molecule has 0 unspecified atom stereocenters. The van der Waals surface area contributed by atoms with E-state index in [0.29, 0.717) is 22.4 Å². The number of phenolic OH excluding ortho intramolecular Hbond substituents is 1. The van der Waals surface area contributed by atoms with Gasteiger partial charge in [0.15, 0.2) is 11.4 Å². The van der Waals surface area contributed by atoms with Crippen molar-refractivity contribution in [3.05, 3.63) is 94.2 Å². The zero-order chi connectivity index (χ0) is 49.9. The molecule has 0 saturated carbocycles. The number of fused-ring (bicyclic) bond motifs is 1. The lowest BCUT2D eigenvalue weighted by molar-refractivity contribution is -0.385. The van der Waals surface area contributed by atoms with Crippen LogP contribution < -0.4 is 9.47 Å². The minimum Gasteiger partial charge on any atom is -0.505 e. The van der Waals surface area contributed by atoms with Gasteiger partial charge in [0.05, 0.1) is 29.5 Å². The van der Waals surface area contributed by atoms with Crippen molar-refractivity contribution >= 4 is 86.9 Å². The van der Waals surface area contributed by atoms with Crippen LogP contribution in [0.2, 0.25) is 0 Å². The average molecular weight is 1000 g/mol. The van der Waals surface area contributed by atoms with Crippen LogP contribution in [0.5, 0.6) is 23.1 Å². The van der Waals surface area contributed by atoms with Crippen LogP contribution in [-0.2, 0) is 30.4 Å². The summed E-state index contributed by atoms with van der Waals surface area (Å²) < 4.78 is 118. The summed E-state index contributed by atoms with van der Waals surface area (Å²) in [5.41, 5.74) is -4.92. The van der Waals surface area contributed by atoms with Crippen LogP contribution in [-0.4, -0.2) is 112 Å². The second kappa shape index (κ2) is 19.5. The van der Waals surface area contributed by atoms with E-state index in [2.05, 4.69) is 35.8 Å². The quantitative estimate of drug-likeness (QED) is 0.0209. The Morgan fingerprint density at radius 1 is 0.691 bits per heavy atom. The summed E-state index contributed by atoms with van der Waals surface area (Å²) >= 11 is 0. The molecule has 0 bridgehead atoms. The third-order valence-corrected chi connectivity index (χ3v) is 11.7. The maximum absolute atomic E-state index is 13.1. The van der Waals surface area contributed by atoms with Gasteiger partial charge < -0.3 is 35.0 Å². The fraction of sp³-hybridized carbons (Fsp3) is 0.135. The third-order valence-electron chi connectivity index (χ3n) is 9.03. The number of aromatic nitrogens is 2. The molecule has 0 spiro atoms. The highest BCUT2D eigenvalue weighted by Gasteiger charge is 2.32. The number of phenols is 1. The van der Waals surface area contributed by atoms with Crippen LogP contribution >= 0.6 is 0 Å². The molecule has 68 heavy (non-hydrogen) atoms. The number of carboxylic acids is 1. The van der Waals surface area contributed by atoms with Gasteiger partial charge in [0.2, 0.25) is 11.6 Å². The van der Waals surface area contributed by atoms with Crippen LogP contribution in [0.3, 0.4) is 0 Å². The molecule has 0 saturated heterocycles. The topological polar surface area (TPSA) is 435 Å². The van der Waals surface area contributed by atoms with Gasteiger partial charge in [-0.25, -0.2) is 4.79 Å². The molecule has 6 rings (SSSR count). The normalized spacial score (nSPS) is 12.4. The fourth-order valence-corrected chi connectivity index (χ4v) is 8.21. The highest BCUT2D eigenvalue weighted by Crippen LogP contribution is 2.47. The number of nitro benzene ring substituents is 1. The largest absolute Gasteiger partial charge is 0.505 e. The van der Waals surface area contributed by atoms with Crippen LogP contribution in [0.25, 0.3) is 16.5 Å². The third kappa shape index (κ3) is 10.5. The number of aryl methyl sites for hydroxylation is 1. The lowest BCUT2D eigenvalue weighted by atomic mass is 10.1. The number of aliphatic hydroxyl groups is 2. The van der Waals surface area contributed by atoms with Gasteiger partial charge in [-0.15, -0.1) is 25.6 Å². The molecule has 0 amide bonds. The molecule has 8 N–H and O–H groups in total. The van der Waals surface area contributed by atoms with Crippen molar-refractivity contribution in [2.24, 2.45) is 30.7 Å². The van der Waals surface area contributed by atoms with E-state index in [1.807, 2.05) is 0 Å². The van der Waals surface area contributed by atoms with Crippen molar-refractivity contribution < 1.29 is 83.6 Å². The molecule has 0 radical (unpaired) electrons. The van der Waals surface area contributed by atoms with Gasteiger partial charge in [-0.3, -0.25) is 23.8 Å². The monoisotopic (exact) mass is 1000 g/mol. The van der Waals surface area contributed by atoms with Gasteiger partial charge in [-0.1, -0.05) is 18.2 Å². The Hall–Kier alpha value is -7.91. The number of nitro groups is 1. The first-order valence-electron chi connectivity index (χ1n) is 18.5. The minimum absolute atomic E-state index is 0.241. The number of hydrogen-bond donors (Lipinski definition) is 8. The second-order valence-corrected chi connectivity index (χ2v) is 17.6. The van der Waals surface area contributed by atoms with E-state index >= 15 is 0 Å². The van der Waals surface area contributed by atoms with Crippen molar-refractivity contribution in [2.45, 2.75) is 21.6 Å². The second-order valence-electron chi connectivity index (χ2n) is 13.5. The van der Waals surface area contributed by atoms with E-state index in [1.54, 1.807) is 25.1 Å². The first kappa shape index (κ1) is 49.5. The Morgan fingerprint density at radius 3 is 1.79 bits per heavy atom. The molecular weight excluding hydrogens is 971 g/mol. The highest BCUT2D eigenvalue weighted by molar-refractivity contribution is 7.86. The predicted octanol–water partition coefficient (Wildman–Crippen LogP) is 6.08. The Labute approximate surface area is 380 Å². The Morgan fingerprint density at radius 2 is 1.25 bits per heavy atom. The maximum atomic E-state index is 13.1. The van der Waals surface area contributed by atoms with Gasteiger partial charge in [0.1, 0.15) is 62.1 Å². The van der Waals surface area contributed by atoms with Gasteiger partial charge in [0, 0.05) is 35.0 Å². The van der Waals surface area contributed by atoms with Crippen LogP contribution in [0.15, 0.2) is 118 Å². The molecule has 0 aliphatic carbocycles. The molecular formula is C37H31N9O19S3. The summed E-state index contributed by atoms with van der Waals surface area (Å²) in [4.78, 5) is 18.8.